The van der Waals surface area contributed by atoms with Crippen molar-refractivity contribution in [2.75, 3.05) is 40.9 Å². The lowest BCUT2D eigenvalue weighted by Crippen LogP contribution is -2.62. The van der Waals surface area contributed by atoms with Crippen LogP contribution in [0.1, 0.15) is 111 Å². The predicted octanol–water partition coefficient (Wildman–Crippen LogP) is 4.96. The van der Waals surface area contributed by atoms with E-state index in [1.54, 1.807) is 19.1 Å². The third-order valence-electron chi connectivity index (χ3n) is 15.5. The Kier molecular flexibility index (Phi) is 13.6. The molecule has 2 bridgehead atoms. The van der Waals surface area contributed by atoms with Crippen molar-refractivity contribution in [2.45, 2.75) is 154 Å². The Morgan fingerprint density at radius 2 is 1.75 bits per heavy atom. The van der Waals surface area contributed by atoms with E-state index in [1.165, 1.54) is 25.7 Å². The van der Waals surface area contributed by atoms with E-state index in [-0.39, 0.29) is 66.7 Å². The number of rotatable bonds is 13. The van der Waals surface area contributed by atoms with Gasteiger partial charge in [-0.1, -0.05) is 46.5 Å². The van der Waals surface area contributed by atoms with Crippen molar-refractivity contribution >= 4 is 11.8 Å². The molecule has 0 spiro atoms. The van der Waals surface area contributed by atoms with E-state index in [0.29, 0.717) is 48.5 Å². The monoisotopic (exact) mass is 749 g/mol. The topological polar surface area (TPSA) is 124 Å². The average Bonchev–Trinajstić information content (AvgIpc) is 3.50. The molecule has 11 heteroatoms. The molecule has 6 saturated carbocycles. The summed E-state index contributed by atoms with van der Waals surface area (Å²) in [4.78, 5) is 36.6. The molecule has 1 aliphatic heterocycles. The molecule has 6 unspecified atom stereocenters. The third-order valence-corrected chi connectivity index (χ3v) is 15.5. The Labute approximate surface area is 319 Å². The Hall–Kier alpha value is -1.37. The molecule has 2 amide bonds. The molecule has 6 aliphatic carbocycles. The Balaban J connectivity index is 1.14. The lowest BCUT2D eigenvalue weighted by atomic mass is 9.45. The van der Waals surface area contributed by atoms with Gasteiger partial charge in [-0.3, -0.25) is 14.4 Å². The minimum atomic E-state index is -1.03. The van der Waals surface area contributed by atoms with Gasteiger partial charge in [-0.2, -0.15) is 5.06 Å². The molecule has 1 heterocycles. The van der Waals surface area contributed by atoms with Crippen molar-refractivity contribution in [1.82, 2.24) is 20.6 Å². The van der Waals surface area contributed by atoms with E-state index in [2.05, 4.69) is 50.4 Å². The number of hydrogen-bond acceptors (Lipinski definition) is 8. The summed E-state index contributed by atoms with van der Waals surface area (Å²) in [6, 6.07) is -0.596. The quantitative estimate of drug-likeness (QED) is 0.209. The Morgan fingerprint density at radius 3 is 2.38 bits per heavy atom. The molecule has 4 N–H and O–H groups in total. The van der Waals surface area contributed by atoms with Crippen LogP contribution in [-0.2, 0) is 19.2 Å². The number of methoxy groups -OCH3 is 1. The number of carbonyl (C=O) groups excluding carboxylic acids is 2. The number of aliphatic hydroxyl groups is 2. The Bertz CT molecular complexity index is 1230. The SMILES string of the molecule is COC1C(CN2O[C@@H](CO)[C@@H]([C@H](C)O)[C@H]2C(=O)N[C@H]2C[C@H]3C[C@@H]([C@@H]2C)C3(C)C)CCCC1C1CC(F)CC(C(=O)N[C@H](CN(C)C)C2CCCCC2)C1. The van der Waals surface area contributed by atoms with Gasteiger partial charge in [0, 0.05) is 50.0 Å². The van der Waals surface area contributed by atoms with Gasteiger partial charge in [-0.05, 0) is 120 Å². The van der Waals surface area contributed by atoms with Crippen LogP contribution in [0.2, 0.25) is 0 Å². The molecule has 0 radical (unpaired) electrons. The number of aliphatic hydroxyl groups excluding tert-OH is 2. The maximum absolute atomic E-state index is 15.6. The molecule has 304 valence electrons. The minimum Gasteiger partial charge on any atom is -0.394 e. The van der Waals surface area contributed by atoms with Gasteiger partial charge in [0.25, 0.3) is 0 Å². The number of alkyl halides is 1. The molecule has 0 aromatic heterocycles. The van der Waals surface area contributed by atoms with Gasteiger partial charge in [0.2, 0.25) is 11.8 Å². The highest BCUT2D eigenvalue weighted by Crippen LogP contribution is 2.61. The summed E-state index contributed by atoms with van der Waals surface area (Å²) in [5, 5.41) is 29.8. The highest BCUT2D eigenvalue weighted by molar-refractivity contribution is 5.83. The molecule has 7 rings (SSSR count). The van der Waals surface area contributed by atoms with Gasteiger partial charge in [0.1, 0.15) is 18.3 Å². The van der Waals surface area contributed by atoms with Crippen molar-refractivity contribution in [1.29, 1.82) is 0 Å². The van der Waals surface area contributed by atoms with Crippen molar-refractivity contribution in [2.24, 2.45) is 58.7 Å². The normalized spacial score (nSPS) is 41.8. The van der Waals surface area contributed by atoms with E-state index in [1.807, 2.05) is 0 Å². The highest BCUT2D eigenvalue weighted by Gasteiger charge is 2.58. The number of nitrogens with one attached hydrogen (secondary N) is 2. The van der Waals surface area contributed by atoms with Crippen LogP contribution in [0.15, 0.2) is 0 Å². The maximum Gasteiger partial charge on any atom is 0.240 e. The standard InChI is InChI=1S/C42H73FN4O6/c1-24-33-19-30(42(33,3)4)20-34(24)44-41(51)38-37(25(2)49)36(23-48)53-47(38)21-27-14-11-15-32(39(27)52-7)28-16-29(18-31(43)17-28)40(50)45-35(22-46(5)6)26-12-9-8-10-13-26/h24-39,48-49H,8-23H2,1-7H3,(H,44,51)(H,45,50)/t24-,25-,27?,28?,29?,30+,31?,32?,33-,34-,35+,36-,37+,38-,39?/m0/s1. The first-order valence-electron chi connectivity index (χ1n) is 21.4. The molecule has 0 aromatic rings. The first-order chi connectivity index (χ1) is 25.2. The number of amides is 2. The van der Waals surface area contributed by atoms with E-state index in [0.717, 1.165) is 45.1 Å². The maximum atomic E-state index is 15.6. The third kappa shape index (κ3) is 8.80. The minimum absolute atomic E-state index is 0.00258. The second kappa shape index (κ2) is 17.4. The molecule has 7 aliphatic rings. The fourth-order valence-corrected chi connectivity index (χ4v) is 12.5. The summed E-state index contributed by atoms with van der Waals surface area (Å²) >= 11 is 0. The lowest BCUT2D eigenvalue weighted by Gasteiger charge is -2.62. The molecule has 7 fully saturated rings. The van der Waals surface area contributed by atoms with Gasteiger partial charge in [-0.15, -0.1) is 0 Å². The van der Waals surface area contributed by atoms with Crippen molar-refractivity contribution in [3.8, 4) is 0 Å². The van der Waals surface area contributed by atoms with E-state index < -0.39 is 30.3 Å². The molecule has 15 atom stereocenters. The van der Waals surface area contributed by atoms with E-state index >= 15 is 4.39 Å². The summed E-state index contributed by atoms with van der Waals surface area (Å²) in [5.41, 5.74) is 0.299. The molecule has 53 heavy (non-hydrogen) atoms. The molecular weight excluding hydrogens is 675 g/mol. The van der Waals surface area contributed by atoms with Crippen LogP contribution in [-0.4, -0.2) is 116 Å². The number of carbonyl (C=O) groups is 2. The van der Waals surface area contributed by atoms with Gasteiger partial charge in [0.15, 0.2) is 0 Å². The van der Waals surface area contributed by atoms with E-state index in [4.69, 9.17) is 9.57 Å². The number of halogens is 1. The fraction of sp³-hybridized carbons (Fsp3) is 0.952. The highest BCUT2D eigenvalue weighted by atomic mass is 19.1. The smallest absolute Gasteiger partial charge is 0.240 e. The summed E-state index contributed by atoms with van der Waals surface area (Å²) in [6.07, 6.45) is 9.42. The van der Waals surface area contributed by atoms with Crippen LogP contribution in [0.4, 0.5) is 4.39 Å². The van der Waals surface area contributed by atoms with Crippen LogP contribution in [0, 0.1) is 58.7 Å². The number of hydroxylamine groups is 2. The predicted molar refractivity (Wildman–Crippen MR) is 203 cm³/mol. The van der Waals surface area contributed by atoms with Crippen molar-refractivity contribution < 1.29 is 33.8 Å². The van der Waals surface area contributed by atoms with Crippen LogP contribution in [0.5, 0.6) is 0 Å². The van der Waals surface area contributed by atoms with Crippen molar-refractivity contribution in [3.05, 3.63) is 0 Å². The van der Waals surface area contributed by atoms with Gasteiger partial charge in [-0.25, -0.2) is 4.39 Å². The summed E-state index contributed by atoms with van der Waals surface area (Å²) < 4.78 is 21.9. The second-order valence-electron chi connectivity index (χ2n) is 19.4. The van der Waals surface area contributed by atoms with Crippen LogP contribution in [0.25, 0.3) is 0 Å². The number of hydrogen-bond donors (Lipinski definition) is 4. The van der Waals surface area contributed by atoms with Crippen LogP contribution in [0.3, 0.4) is 0 Å². The molecule has 10 nitrogen and oxygen atoms in total. The zero-order chi connectivity index (χ0) is 38.2. The van der Waals surface area contributed by atoms with Crippen LogP contribution >= 0.6 is 0 Å². The van der Waals surface area contributed by atoms with Gasteiger partial charge in [0.05, 0.1) is 18.8 Å². The Morgan fingerprint density at radius 1 is 1.02 bits per heavy atom. The van der Waals surface area contributed by atoms with Crippen molar-refractivity contribution in [3.63, 3.8) is 0 Å². The van der Waals surface area contributed by atoms with Crippen LogP contribution < -0.4 is 10.6 Å². The van der Waals surface area contributed by atoms with E-state index in [9.17, 15) is 19.8 Å². The summed E-state index contributed by atoms with van der Waals surface area (Å²) in [6.45, 7) is 9.54. The molecule has 0 aromatic carbocycles. The van der Waals surface area contributed by atoms with Gasteiger partial charge >= 0.3 is 0 Å². The number of ether oxygens (including phenoxy) is 1. The largest absolute Gasteiger partial charge is 0.394 e. The molecular formula is C42H73FN4O6. The summed E-state index contributed by atoms with van der Waals surface area (Å²) in [5.74, 6) is 1.01. The number of nitrogens with zero attached hydrogens (tertiary/aromatic N) is 2. The first kappa shape index (κ1) is 41.3. The fourth-order valence-electron chi connectivity index (χ4n) is 12.5. The second-order valence-corrected chi connectivity index (χ2v) is 19.4. The first-order valence-corrected chi connectivity index (χ1v) is 21.4. The number of likely N-dealkylation sites (N-methyl/N-ethyl adjacent to an activating group) is 1. The van der Waals surface area contributed by atoms with Gasteiger partial charge < -0.3 is 30.5 Å². The zero-order valence-corrected chi connectivity index (χ0v) is 33.9. The summed E-state index contributed by atoms with van der Waals surface area (Å²) in [7, 11) is 5.83. The average molecular weight is 749 g/mol. The zero-order valence-electron chi connectivity index (χ0n) is 33.9. The lowest BCUT2D eigenvalue weighted by molar-refractivity contribution is -0.193. The number of fused-ring (bicyclic) bond motifs is 2. The molecule has 1 saturated heterocycles.